The highest BCUT2D eigenvalue weighted by molar-refractivity contribution is 9.09. The molecule has 0 amide bonds. The molecule has 0 aromatic heterocycles. The van der Waals surface area contributed by atoms with E-state index in [1.54, 1.807) is 0 Å². The highest BCUT2D eigenvalue weighted by atomic mass is 79.9. The van der Waals surface area contributed by atoms with Crippen molar-refractivity contribution in [2.45, 2.75) is 38.6 Å². The van der Waals surface area contributed by atoms with Gasteiger partial charge in [-0.15, -0.1) is 0 Å². The topological polar surface area (TPSA) is 9.23 Å². The maximum Gasteiger partial charge on any atom is 0.0669 e. The molecule has 0 saturated carbocycles. The molecule has 2 atom stereocenters. The van der Waals surface area contributed by atoms with E-state index in [4.69, 9.17) is 4.74 Å². The van der Waals surface area contributed by atoms with Crippen LogP contribution < -0.4 is 0 Å². The monoisotopic (exact) mass is 208 g/mol. The van der Waals surface area contributed by atoms with Gasteiger partial charge in [-0.2, -0.15) is 0 Å². The Morgan fingerprint density at radius 1 is 1.20 bits per heavy atom. The Morgan fingerprint density at radius 3 is 2.00 bits per heavy atom. The lowest BCUT2D eigenvalue weighted by Gasteiger charge is -2.16. The Balaban J connectivity index is 3.30. The number of hydrogen-bond acceptors (Lipinski definition) is 1. The van der Waals surface area contributed by atoms with Crippen molar-refractivity contribution in [1.82, 2.24) is 0 Å². The zero-order chi connectivity index (χ0) is 8.15. The molecule has 0 aromatic rings. The first kappa shape index (κ1) is 10.4. The molecule has 2 unspecified atom stereocenters. The lowest BCUT2D eigenvalue weighted by atomic mass is 10.2. The Hall–Kier alpha value is 0.440. The maximum atomic E-state index is 5.52. The minimum atomic E-state index is 0.322. The average molecular weight is 209 g/mol. The summed E-state index contributed by atoms with van der Waals surface area (Å²) < 4.78 is 5.52. The summed E-state index contributed by atoms with van der Waals surface area (Å²) in [6.07, 6.45) is 0.322. The molecule has 10 heavy (non-hydrogen) atoms. The fourth-order valence-corrected chi connectivity index (χ4v) is 0.629. The third kappa shape index (κ3) is 5.24. The average Bonchev–Trinajstić information content (AvgIpc) is 1.82. The van der Waals surface area contributed by atoms with Crippen molar-refractivity contribution in [2.75, 3.05) is 6.61 Å². The van der Waals surface area contributed by atoms with Gasteiger partial charge in [0.2, 0.25) is 0 Å². The van der Waals surface area contributed by atoms with Gasteiger partial charge in [0.25, 0.3) is 0 Å². The minimum absolute atomic E-state index is 0.322. The van der Waals surface area contributed by atoms with E-state index in [0.717, 1.165) is 6.61 Å². The van der Waals surface area contributed by atoms with Crippen LogP contribution in [0.3, 0.4) is 0 Å². The standard InChI is InChI=1S/C8H17BrO/c1-6(2)5-10-8(4)7(3)9/h6-8H,5H2,1-4H3. The third-order valence-electron chi connectivity index (χ3n) is 1.34. The first-order chi connectivity index (χ1) is 4.54. The molecule has 0 N–H and O–H groups in total. The van der Waals surface area contributed by atoms with Crippen LogP contribution in [-0.4, -0.2) is 17.5 Å². The predicted molar refractivity (Wildman–Crippen MR) is 48.6 cm³/mol. The van der Waals surface area contributed by atoms with E-state index >= 15 is 0 Å². The first-order valence-electron chi connectivity index (χ1n) is 3.79. The normalized spacial score (nSPS) is 17.4. The van der Waals surface area contributed by atoms with Crippen LogP contribution in [0.4, 0.5) is 0 Å². The molecule has 0 radical (unpaired) electrons. The Labute approximate surface area is 72.3 Å². The summed E-state index contributed by atoms with van der Waals surface area (Å²) in [4.78, 5) is 0.450. The highest BCUT2D eigenvalue weighted by Gasteiger charge is 2.08. The van der Waals surface area contributed by atoms with Crippen LogP contribution in [0.25, 0.3) is 0 Å². The van der Waals surface area contributed by atoms with Gasteiger partial charge in [-0.05, 0) is 12.8 Å². The molecular formula is C8H17BrO. The summed E-state index contributed by atoms with van der Waals surface area (Å²) in [5.41, 5.74) is 0. The van der Waals surface area contributed by atoms with E-state index in [9.17, 15) is 0 Å². The van der Waals surface area contributed by atoms with E-state index in [1.807, 2.05) is 0 Å². The van der Waals surface area contributed by atoms with Gasteiger partial charge in [0.1, 0.15) is 0 Å². The second-order valence-electron chi connectivity index (χ2n) is 3.11. The van der Waals surface area contributed by atoms with E-state index in [1.165, 1.54) is 0 Å². The van der Waals surface area contributed by atoms with E-state index in [2.05, 4.69) is 43.6 Å². The number of alkyl halides is 1. The van der Waals surface area contributed by atoms with Crippen LogP contribution in [0.1, 0.15) is 27.7 Å². The SMILES string of the molecule is CC(C)COC(C)C(C)Br. The third-order valence-corrected chi connectivity index (χ3v) is 2.08. The van der Waals surface area contributed by atoms with Crippen molar-refractivity contribution >= 4 is 15.9 Å². The van der Waals surface area contributed by atoms with Crippen LogP contribution in [-0.2, 0) is 4.74 Å². The molecule has 0 spiro atoms. The molecule has 0 aliphatic rings. The fraction of sp³-hybridized carbons (Fsp3) is 1.00. The second kappa shape index (κ2) is 5.14. The predicted octanol–water partition coefficient (Wildman–Crippen LogP) is 2.83. The van der Waals surface area contributed by atoms with Crippen LogP contribution in [0.5, 0.6) is 0 Å². The van der Waals surface area contributed by atoms with Gasteiger partial charge in [0, 0.05) is 11.4 Å². The zero-order valence-corrected chi connectivity index (χ0v) is 8.81. The molecular weight excluding hydrogens is 192 g/mol. The Bertz CT molecular complexity index is 81.3. The maximum absolute atomic E-state index is 5.52. The summed E-state index contributed by atoms with van der Waals surface area (Å²) in [5.74, 6) is 0.633. The number of halogens is 1. The summed E-state index contributed by atoms with van der Waals surface area (Å²) in [6.45, 7) is 9.36. The van der Waals surface area contributed by atoms with Crippen molar-refractivity contribution in [3.8, 4) is 0 Å². The van der Waals surface area contributed by atoms with Gasteiger partial charge in [-0.25, -0.2) is 0 Å². The smallest absolute Gasteiger partial charge is 0.0669 e. The van der Waals surface area contributed by atoms with Crippen LogP contribution in [0, 0.1) is 5.92 Å². The van der Waals surface area contributed by atoms with Crippen molar-refractivity contribution in [1.29, 1.82) is 0 Å². The molecule has 0 fully saturated rings. The lowest BCUT2D eigenvalue weighted by Crippen LogP contribution is -2.20. The highest BCUT2D eigenvalue weighted by Crippen LogP contribution is 2.08. The molecule has 0 aliphatic carbocycles. The molecule has 1 nitrogen and oxygen atoms in total. The van der Waals surface area contributed by atoms with Crippen molar-refractivity contribution in [3.63, 3.8) is 0 Å². The van der Waals surface area contributed by atoms with Crippen LogP contribution in [0.15, 0.2) is 0 Å². The van der Waals surface area contributed by atoms with Crippen LogP contribution >= 0.6 is 15.9 Å². The molecule has 62 valence electrons. The largest absolute Gasteiger partial charge is 0.377 e. The molecule has 0 aromatic carbocycles. The molecule has 0 saturated heterocycles. The Morgan fingerprint density at radius 2 is 1.70 bits per heavy atom. The van der Waals surface area contributed by atoms with Gasteiger partial charge in [-0.1, -0.05) is 36.7 Å². The number of hydrogen-bond donors (Lipinski definition) is 0. The van der Waals surface area contributed by atoms with E-state index < -0.39 is 0 Å². The van der Waals surface area contributed by atoms with Crippen LogP contribution in [0.2, 0.25) is 0 Å². The minimum Gasteiger partial charge on any atom is -0.377 e. The zero-order valence-electron chi connectivity index (χ0n) is 7.23. The summed E-state index contributed by atoms with van der Waals surface area (Å²) in [5, 5.41) is 0. The fourth-order valence-electron chi connectivity index (χ4n) is 0.477. The summed E-state index contributed by atoms with van der Waals surface area (Å²) in [7, 11) is 0. The number of ether oxygens (including phenoxy) is 1. The van der Waals surface area contributed by atoms with Gasteiger partial charge in [0.15, 0.2) is 0 Å². The van der Waals surface area contributed by atoms with Crippen molar-refractivity contribution < 1.29 is 4.74 Å². The molecule has 0 aliphatic heterocycles. The molecule has 0 heterocycles. The number of rotatable bonds is 4. The quantitative estimate of drug-likeness (QED) is 0.647. The van der Waals surface area contributed by atoms with Gasteiger partial charge >= 0.3 is 0 Å². The van der Waals surface area contributed by atoms with E-state index in [0.29, 0.717) is 16.8 Å². The molecule has 0 rings (SSSR count). The van der Waals surface area contributed by atoms with Gasteiger partial charge in [-0.3, -0.25) is 0 Å². The Kier molecular flexibility index (Phi) is 5.36. The van der Waals surface area contributed by atoms with Crippen molar-refractivity contribution in [2.24, 2.45) is 5.92 Å². The molecule has 0 bridgehead atoms. The summed E-state index contributed by atoms with van der Waals surface area (Å²) in [6, 6.07) is 0. The molecule has 2 heteroatoms. The van der Waals surface area contributed by atoms with Crippen molar-refractivity contribution in [3.05, 3.63) is 0 Å². The van der Waals surface area contributed by atoms with Gasteiger partial charge in [0.05, 0.1) is 6.10 Å². The van der Waals surface area contributed by atoms with E-state index in [-0.39, 0.29) is 0 Å². The lowest BCUT2D eigenvalue weighted by molar-refractivity contribution is 0.0499. The second-order valence-corrected chi connectivity index (χ2v) is 4.55. The summed E-state index contributed by atoms with van der Waals surface area (Å²) >= 11 is 3.46. The first-order valence-corrected chi connectivity index (χ1v) is 4.71. The van der Waals surface area contributed by atoms with Gasteiger partial charge < -0.3 is 4.74 Å².